The van der Waals surface area contributed by atoms with Crippen molar-refractivity contribution in [3.8, 4) is 0 Å². The minimum Gasteiger partial charge on any atom is -0.370 e. The number of hydrogen-bond donors (Lipinski definition) is 2. The fourth-order valence-electron chi connectivity index (χ4n) is 2.38. The predicted octanol–water partition coefficient (Wildman–Crippen LogP) is 1.05. The average molecular weight is 228 g/mol. The summed E-state index contributed by atoms with van der Waals surface area (Å²) in [5, 5.41) is 3.01. The van der Waals surface area contributed by atoms with Gasteiger partial charge in [0.05, 0.1) is 0 Å². The molecule has 1 aliphatic carbocycles. The molecule has 0 saturated heterocycles. The fourth-order valence-corrected chi connectivity index (χ4v) is 2.38. The van der Waals surface area contributed by atoms with Gasteiger partial charge in [0, 0.05) is 19.7 Å². The van der Waals surface area contributed by atoms with Crippen LogP contribution in [0.25, 0.3) is 0 Å². The Hall–Kier alpha value is -0.610. The monoisotopic (exact) mass is 228 g/mol. The molecule has 0 radical (unpaired) electrons. The summed E-state index contributed by atoms with van der Waals surface area (Å²) in [7, 11) is 1.52. The fraction of sp³-hybridized carbons (Fsp3) is 0.917. The zero-order chi connectivity index (χ0) is 12.0. The summed E-state index contributed by atoms with van der Waals surface area (Å²) >= 11 is 0. The van der Waals surface area contributed by atoms with E-state index in [1.165, 1.54) is 39.2 Å². The standard InChI is InChI=1S/C12H24N2O2/c1-9(10-6-4-3-5-7-10)14-12(15)11(8-13)16-2/h9-11H,3-8,13H2,1-2H3,(H,14,15)/t9-,11?/m1/s1. The van der Waals surface area contributed by atoms with Gasteiger partial charge in [-0.3, -0.25) is 4.79 Å². The van der Waals surface area contributed by atoms with Gasteiger partial charge in [0.2, 0.25) is 0 Å². The van der Waals surface area contributed by atoms with Crippen molar-refractivity contribution in [2.24, 2.45) is 11.7 Å². The Morgan fingerprint density at radius 3 is 2.56 bits per heavy atom. The number of carbonyl (C=O) groups is 1. The number of rotatable bonds is 5. The molecular weight excluding hydrogens is 204 g/mol. The van der Waals surface area contributed by atoms with Gasteiger partial charge in [-0.05, 0) is 25.7 Å². The van der Waals surface area contributed by atoms with Gasteiger partial charge in [0.1, 0.15) is 6.10 Å². The number of amides is 1. The molecule has 4 nitrogen and oxygen atoms in total. The Kier molecular flexibility index (Phi) is 5.77. The van der Waals surface area contributed by atoms with Crippen LogP contribution in [0.1, 0.15) is 39.0 Å². The third-order valence-electron chi connectivity index (χ3n) is 3.52. The Morgan fingerprint density at radius 2 is 2.06 bits per heavy atom. The van der Waals surface area contributed by atoms with E-state index < -0.39 is 6.10 Å². The van der Waals surface area contributed by atoms with Crippen LogP contribution in [0, 0.1) is 5.92 Å². The van der Waals surface area contributed by atoms with Gasteiger partial charge >= 0.3 is 0 Å². The van der Waals surface area contributed by atoms with E-state index in [9.17, 15) is 4.79 Å². The number of carbonyl (C=O) groups excluding carboxylic acids is 1. The maximum Gasteiger partial charge on any atom is 0.250 e. The molecular formula is C12H24N2O2. The molecule has 1 amide bonds. The van der Waals surface area contributed by atoms with Crippen molar-refractivity contribution in [2.45, 2.75) is 51.2 Å². The van der Waals surface area contributed by atoms with Crippen molar-refractivity contribution < 1.29 is 9.53 Å². The first-order chi connectivity index (χ1) is 7.69. The first-order valence-corrected chi connectivity index (χ1v) is 6.22. The Morgan fingerprint density at radius 1 is 1.44 bits per heavy atom. The average Bonchev–Trinajstić information content (AvgIpc) is 2.31. The van der Waals surface area contributed by atoms with Crippen LogP contribution >= 0.6 is 0 Å². The molecule has 16 heavy (non-hydrogen) atoms. The van der Waals surface area contributed by atoms with Crippen molar-refractivity contribution >= 4 is 5.91 Å². The van der Waals surface area contributed by atoms with E-state index >= 15 is 0 Å². The number of methoxy groups -OCH3 is 1. The maximum absolute atomic E-state index is 11.7. The zero-order valence-electron chi connectivity index (χ0n) is 10.4. The van der Waals surface area contributed by atoms with Crippen molar-refractivity contribution in [2.75, 3.05) is 13.7 Å². The molecule has 1 aliphatic rings. The van der Waals surface area contributed by atoms with Gasteiger partial charge in [-0.2, -0.15) is 0 Å². The molecule has 3 N–H and O–H groups in total. The third kappa shape index (κ3) is 3.76. The molecule has 0 aromatic rings. The number of nitrogens with one attached hydrogen (secondary N) is 1. The van der Waals surface area contributed by atoms with E-state index in [-0.39, 0.29) is 18.5 Å². The second-order valence-electron chi connectivity index (χ2n) is 4.66. The van der Waals surface area contributed by atoms with Crippen LogP contribution in [0.15, 0.2) is 0 Å². The Labute approximate surface area is 97.9 Å². The summed E-state index contributed by atoms with van der Waals surface area (Å²) in [6.07, 6.45) is 5.85. The highest BCUT2D eigenvalue weighted by atomic mass is 16.5. The maximum atomic E-state index is 11.7. The van der Waals surface area contributed by atoms with Gasteiger partial charge in [-0.15, -0.1) is 0 Å². The van der Waals surface area contributed by atoms with Gasteiger partial charge in [-0.25, -0.2) is 0 Å². The van der Waals surface area contributed by atoms with Crippen molar-refractivity contribution in [3.63, 3.8) is 0 Å². The predicted molar refractivity (Wildman–Crippen MR) is 64.0 cm³/mol. The SMILES string of the molecule is COC(CN)C(=O)N[C@H](C)C1CCCCC1. The van der Waals surface area contributed by atoms with Gasteiger partial charge in [-0.1, -0.05) is 19.3 Å². The van der Waals surface area contributed by atoms with E-state index in [0.29, 0.717) is 5.92 Å². The van der Waals surface area contributed by atoms with E-state index in [1.807, 2.05) is 0 Å². The topological polar surface area (TPSA) is 64.3 Å². The molecule has 1 rings (SSSR count). The lowest BCUT2D eigenvalue weighted by molar-refractivity contribution is -0.131. The molecule has 0 aromatic carbocycles. The minimum absolute atomic E-state index is 0.0805. The van der Waals surface area contributed by atoms with Crippen LogP contribution in [0.4, 0.5) is 0 Å². The minimum atomic E-state index is -0.508. The van der Waals surface area contributed by atoms with Gasteiger partial charge in [0.15, 0.2) is 0 Å². The van der Waals surface area contributed by atoms with Crippen molar-refractivity contribution in [1.82, 2.24) is 5.32 Å². The molecule has 94 valence electrons. The number of nitrogens with two attached hydrogens (primary N) is 1. The Balaban J connectivity index is 2.36. The molecule has 0 aliphatic heterocycles. The quantitative estimate of drug-likeness (QED) is 0.739. The molecule has 0 aromatic heterocycles. The summed E-state index contributed by atoms with van der Waals surface area (Å²) < 4.78 is 5.01. The van der Waals surface area contributed by atoms with Crippen LogP contribution in [0.2, 0.25) is 0 Å². The lowest BCUT2D eigenvalue weighted by atomic mass is 9.84. The summed E-state index contributed by atoms with van der Waals surface area (Å²) in [5.41, 5.74) is 5.45. The molecule has 0 spiro atoms. The van der Waals surface area contributed by atoms with Crippen LogP contribution < -0.4 is 11.1 Å². The van der Waals surface area contributed by atoms with Crippen LogP contribution in [0.5, 0.6) is 0 Å². The molecule has 0 bridgehead atoms. The highest BCUT2D eigenvalue weighted by Crippen LogP contribution is 2.26. The van der Waals surface area contributed by atoms with Gasteiger partial charge < -0.3 is 15.8 Å². The van der Waals surface area contributed by atoms with E-state index in [1.54, 1.807) is 0 Å². The lowest BCUT2D eigenvalue weighted by Crippen LogP contribution is -2.47. The summed E-state index contributed by atoms with van der Waals surface area (Å²) in [6, 6.07) is 0.233. The van der Waals surface area contributed by atoms with E-state index in [4.69, 9.17) is 10.5 Å². The van der Waals surface area contributed by atoms with Crippen molar-refractivity contribution in [3.05, 3.63) is 0 Å². The molecule has 1 unspecified atom stereocenters. The molecule has 2 atom stereocenters. The second-order valence-corrected chi connectivity index (χ2v) is 4.66. The van der Waals surface area contributed by atoms with Crippen LogP contribution in [0.3, 0.4) is 0 Å². The summed E-state index contributed by atoms with van der Waals surface area (Å²) in [5.74, 6) is 0.538. The number of hydrogen-bond acceptors (Lipinski definition) is 3. The van der Waals surface area contributed by atoms with Crippen molar-refractivity contribution in [1.29, 1.82) is 0 Å². The smallest absolute Gasteiger partial charge is 0.250 e. The summed E-state index contributed by atoms with van der Waals surface area (Å²) in [4.78, 5) is 11.7. The van der Waals surface area contributed by atoms with Crippen LogP contribution in [-0.4, -0.2) is 31.7 Å². The third-order valence-corrected chi connectivity index (χ3v) is 3.52. The zero-order valence-corrected chi connectivity index (χ0v) is 10.4. The molecule has 0 heterocycles. The first-order valence-electron chi connectivity index (χ1n) is 6.22. The molecule has 1 saturated carbocycles. The highest BCUT2D eigenvalue weighted by Gasteiger charge is 2.24. The first kappa shape index (κ1) is 13.5. The van der Waals surface area contributed by atoms with E-state index in [0.717, 1.165) is 0 Å². The van der Waals surface area contributed by atoms with Gasteiger partial charge in [0.25, 0.3) is 5.91 Å². The van der Waals surface area contributed by atoms with E-state index in [2.05, 4.69) is 12.2 Å². The Bertz CT molecular complexity index is 211. The molecule has 4 heteroatoms. The second kappa shape index (κ2) is 6.86. The normalized spacial score (nSPS) is 21.4. The lowest BCUT2D eigenvalue weighted by Gasteiger charge is -2.29. The number of ether oxygens (including phenoxy) is 1. The molecule has 1 fully saturated rings. The summed E-state index contributed by atoms with van der Waals surface area (Å²) in [6.45, 7) is 2.32. The largest absolute Gasteiger partial charge is 0.370 e. The highest BCUT2D eigenvalue weighted by molar-refractivity contribution is 5.81. The van der Waals surface area contributed by atoms with Crippen LogP contribution in [-0.2, 0) is 9.53 Å².